The number of hydrogen-bond acceptors (Lipinski definition) is 1. The van der Waals surface area contributed by atoms with E-state index < -0.39 is 0 Å². The fourth-order valence-corrected chi connectivity index (χ4v) is 8.74. The summed E-state index contributed by atoms with van der Waals surface area (Å²) in [5.41, 5.74) is 16.8. The van der Waals surface area contributed by atoms with Gasteiger partial charge < -0.3 is 0 Å². The van der Waals surface area contributed by atoms with Crippen LogP contribution in [-0.2, 0) is 5.41 Å². The Bertz CT molecular complexity index is 2770. The second-order valence-electron chi connectivity index (χ2n) is 14.7. The van der Waals surface area contributed by atoms with Gasteiger partial charge in [-0.1, -0.05) is 184 Å². The van der Waals surface area contributed by atoms with Crippen LogP contribution in [0, 0.1) is 0 Å². The smallest absolute Gasteiger partial charge is 0.0715 e. The van der Waals surface area contributed by atoms with Crippen LogP contribution in [0.25, 0.3) is 88.6 Å². The molecule has 9 aromatic rings. The average molecular weight is 676 g/mol. The van der Waals surface area contributed by atoms with Crippen molar-refractivity contribution in [2.75, 3.05) is 0 Å². The van der Waals surface area contributed by atoms with Crippen LogP contribution in [0.15, 0.2) is 188 Å². The van der Waals surface area contributed by atoms with E-state index in [9.17, 15) is 0 Å². The first-order valence-electron chi connectivity index (χ1n) is 18.5. The van der Waals surface area contributed by atoms with Crippen LogP contribution in [0.2, 0.25) is 0 Å². The van der Waals surface area contributed by atoms with Crippen molar-refractivity contribution < 1.29 is 0 Å². The summed E-state index contributed by atoms with van der Waals surface area (Å²) in [5.74, 6) is 0. The Labute approximate surface area is 310 Å². The van der Waals surface area contributed by atoms with Gasteiger partial charge in [0.05, 0.1) is 11.4 Å². The molecule has 0 unspecified atom stereocenters. The summed E-state index contributed by atoms with van der Waals surface area (Å²) in [5, 5.41) is 4.95. The van der Waals surface area contributed by atoms with Crippen molar-refractivity contribution in [3.63, 3.8) is 0 Å². The zero-order chi connectivity index (χ0) is 35.5. The summed E-state index contributed by atoms with van der Waals surface area (Å²) in [4.78, 5) is 5.25. The molecule has 0 atom stereocenters. The molecule has 53 heavy (non-hydrogen) atoms. The van der Waals surface area contributed by atoms with Gasteiger partial charge in [-0.15, -0.1) is 0 Å². The largest absolute Gasteiger partial charge is 0.248 e. The first-order chi connectivity index (χ1) is 26.1. The highest BCUT2D eigenvalue weighted by Gasteiger charge is 2.37. The number of benzene rings is 8. The summed E-state index contributed by atoms with van der Waals surface area (Å²) in [6, 6.07) is 68.5. The van der Waals surface area contributed by atoms with Crippen LogP contribution < -0.4 is 0 Å². The topological polar surface area (TPSA) is 12.9 Å². The Kier molecular flexibility index (Phi) is 7.23. The maximum atomic E-state index is 5.25. The minimum atomic E-state index is -0.0958. The molecule has 0 aliphatic heterocycles. The standard InChI is InChI=1S/C52H37N/c1-52(2)45-27-15-14-25-42(45)51-43(26-16-28-46(51)52)50-40-24-13-12-23-39(40)49(41-30-29-37(31-44(41)50)34-17-6-3-7-18-34)38-32-47(35-19-8-4-9-20-35)53-48(33-38)36-21-10-5-11-22-36/h3-33H,1-2H3. The van der Waals surface area contributed by atoms with Gasteiger partial charge in [-0.25, -0.2) is 4.98 Å². The number of nitrogens with zero attached hydrogens (tertiary/aromatic N) is 1. The summed E-state index contributed by atoms with van der Waals surface area (Å²) >= 11 is 0. The molecule has 0 spiro atoms. The summed E-state index contributed by atoms with van der Waals surface area (Å²) in [6.07, 6.45) is 0. The van der Waals surface area contributed by atoms with Crippen LogP contribution in [-0.4, -0.2) is 4.98 Å². The maximum absolute atomic E-state index is 5.25. The lowest BCUT2D eigenvalue weighted by Gasteiger charge is -2.23. The molecule has 1 aliphatic carbocycles. The molecule has 1 aliphatic rings. The van der Waals surface area contributed by atoms with E-state index in [1.165, 1.54) is 71.6 Å². The van der Waals surface area contributed by atoms with E-state index in [0.717, 1.165) is 28.1 Å². The van der Waals surface area contributed by atoms with Crippen LogP contribution in [0.4, 0.5) is 0 Å². The number of fused-ring (bicyclic) bond motifs is 5. The molecular weight excluding hydrogens is 639 g/mol. The van der Waals surface area contributed by atoms with Crippen molar-refractivity contribution in [3.8, 4) is 67.0 Å². The van der Waals surface area contributed by atoms with Crippen LogP contribution in [0.3, 0.4) is 0 Å². The number of pyridine rings is 1. The Balaban J connectivity index is 1.34. The molecule has 1 nitrogen and oxygen atoms in total. The first kappa shape index (κ1) is 31.2. The second-order valence-corrected chi connectivity index (χ2v) is 14.7. The fraction of sp³-hybridized carbons (Fsp3) is 0.0577. The van der Waals surface area contributed by atoms with Gasteiger partial charge in [0.25, 0.3) is 0 Å². The number of rotatable bonds is 5. The van der Waals surface area contributed by atoms with Gasteiger partial charge in [-0.3, -0.25) is 0 Å². The Morgan fingerprint density at radius 1 is 0.321 bits per heavy atom. The lowest BCUT2D eigenvalue weighted by molar-refractivity contribution is 0.660. The minimum Gasteiger partial charge on any atom is -0.248 e. The predicted molar refractivity (Wildman–Crippen MR) is 224 cm³/mol. The number of aromatic nitrogens is 1. The van der Waals surface area contributed by atoms with E-state index in [4.69, 9.17) is 4.98 Å². The van der Waals surface area contributed by atoms with E-state index in [2.05, 4.69) is 202 Å². The van der Waals surface area contributed by atoms with Gasteiger partial charge in [0, 0.05) is 16.5 Å². The van der Waals surface area contributed by atoms with Crippen molar-refractivity contribution in [2.24, 2.45) is 0 Å². The normalized spacial score (nSPS) is 12.9. The molecule has 0 radical (unpaired) electrons. The zero-order valence-electron chi connectivity index (χ0n) is 29.8. The Hall–Kier alpha value is -6.57. The summed E-state index contributed by atoms with van der Waals surface area (Å²) in [6.45, 7) is 4.73. The SMILES string of the molecule is CC1(C)c2ccccc2-c2c(-c3c4ccccc4c(-c4cc(-c5ccccc5)nc(-c5ccccc5)c4)c4ccc(-c5ccccc5)cc34)cccc21. The van der Waals surface area contributed by atoms with E-state index in [-0.39, 0.29) is 5.41 Å². The van der Waals surface area contributed by atoms with Crippen molar-refractivity contribution in [3.05, 3.63) is 199 Å². The molecule has 0 bridgehead atoms. The monoisotopic (exact) mass is 675 g/mol. The van der Waals surface area contributed by atoms with Gasteiger partial charge in [0.15, 0.2) is 0 Å². The predicted octanol–water partition coefficient (Wildman–Crippen LogP) is 14.0. The maximum Gasteiger partial charge on any atom is 0.0715 e. The van der Waals surface area contributed by atoms with Crippen LogP contribution >= 0.6 is 0 Å². The van der Waals surface area contributed by atoms with Crippen molar-refractivity contribution in [1.29, 1.82) is 0 Å². The van der Waals surface area contributed by atoms with Gasteiger partial charge in [0.1, 0.15) is 0 Å². The van der Waals surface area contributed by atoms with Gasteiger partial charge in [-0.2, -0.15) is 0 Å². The van der Waals surface area contributed by atoms with Crippen molar-refractivity contribution in [2.45, 2.75) is 19.3 Å². The lowest BCUT2D eigenvalue weighted by atomic mass is 9.80. The molecule has 0 N–H and O–H groups in total. The first-order valence-corrected chi connectivity index (χ1v) is 18.5. The third-order valence-corrected chi connectivity index (χ3v) is 11.3. The van der Waals surface area contributed by atoms with Gasteiger partial charge in [0.2, 0.25) is 0 Å². The Morgan fingerprint density at radius 3 is 1.49 bits per heavy atom. The molecule has 1 heterocycles. The zero-order valence-corrected chi connectivity index (χ0v) is 29.8. The summed E-state index contributed by atoms with van der Waals surface area (Å²) < 4.78 is 0. The highest BCUT2D eigenvalue weighted by atomic mass is 14.7. The molecule has 0 fully saturated rings. The van der Waals surface area contributed by atoms with E-state index in [1.54, 1.807) is 0 Å². The molecule has 10 rings (SSSR count). The molecule has 1 aromatic heterocycles. The fourth-order valence-electron chi connectivity index (χ4n) is 8.74. The molecule has 0 saturated carbocycles. The van der Waals surface area contributed by atoms with E-state index >= 15 is 0 Å². The molecule has 250 valence electrons. The molecular formula is C52H37N. The summed E-state index contributed by atoms with van der Waals surface area (Å²) in [7, 11) is 0. The lowest BCUT2D eigenvalue weighted by Crippen LogP contribution is -2.14. The Morgan fingerprint density at radius 2 is 0.830 bits per heavy atom. The average Bonchev–Trinajstić information content (AvgIpc) is 3.46. The minimum absolute atomic E-state index is 0.0958. The highest BCUT2D eigenvalue weighted by molar-refractivity contribution is 6.23. The highest BCUT2D eigenvalue weighted by Crippen LogP contribution is 2.54. The van der Waals surface area contributed by atoms with Gasteiger partial charge >= 0.3 is 0 Å². The van der Waals surface area contributed by atoms with Gasteiger partial charge in [-0.05, 0) is 95.4 Å². The molecule has 0 saturated heterocycles. The second kappa shape index (κ2) is 12.3. The van der Waals surface area contributed by atoms with Crippen LogP contribution in [0.1, 0.15) is 25.0 Å². The quantitative estimate of drug-likeness (QED) is 0.165. The van der Waals surface area contributed by atoms with Crippen molar-refractivity contribution >= 4 is 21.5 Å². The van der Waals surface area contributed by atoms with E-state index in [0.29, 0.717) is 0 Å². The molecule has 8 aromatic carbocycles. The number of hydrogen-bond donors (Lipinski definition) is 0. The van der Waals surface area contributed by atoms with Crippen molar-refractivity contribution in [1.82, 2.24) is 4.98 Å². The third-order valence-electron chi connectivity index (χ3n) is 11.3. The van der Waals surface area contributed by atoms with Crippen LogP contribution in [0.5, 0.6) is 0 Å². The third kappa shape index (κ3) is 5.04. The van der Waals surface area contributed by atoms with E-state index in [1.807, 2.05) is 0 Å². The molecule has 0 amide bonds. The molecule has 1 heteroatoms.